The number of nitrogens with two attached hydrogens (primary N) is 1. The highest BCUT2D eigenvalue weighted by molar-refractivity contribution is 5.27. The van der Waals surface area contributed by atoms with E-state index in [1.165, 1.54) is 0 Å². The maximum atomic E-state index is 14.0. The summed E-state index contributed by atoms with van der Waals surface area (Å²) in [7, 11) is 0. The summed E-state index contributed by atoms with van der Waals surface area (Å²) >= 11 is 0. The largest absolute Gasteiger partial charge is 0.329 e. The Balaban J connectivity index is 2.14. The number of nitrogens with zero attached hydrogens (tertiary/aromatic N) is 2. The Morgan fingerprint density at radius 3 is 2.53 bits per heavy atom. The minimum atomic E-state index is -0.140. The minimum Gasteiger partial charge on any atom is -0.329 e. The molecule has 1 aliphatic heterocycles. The molecule has 1 unspecified atom stereocenters. The van der Waals surface area contributed by atoms with Crippen LogP contribution in [-0.2, 0) is 0 Å². The third kappa shape index (κ3) is 3.32. The van der Waals surface area contributed by atoms with Crippen molar-refractivity contribution in [3.8, 4) is 0 Å². The standard InChI is InChI=1S/C15H24FN3/c1-3-18-6-8-19(9-7-18)15(11-17)13-10-12(2)4-5-14(13)16/h4-5,10,15H,3,6-9,11,17H2,1-2H3. The van der Waals surface area contributed by atoms with Crippen LogP contribution >= 0.6 is 0 Å². The van der Waals surface area contributed by atoms with E-state index >= 15 is 0 Å². The maximum absolute atomic E-state index is 14.0. The number of rotatable bonds is 4. The number of hydrogen-bond donors (Lipinski definition) is 1. The Kier molecular flexibility index (Phi) is 4.91. The van der Waals surface area contributed by atoms with Crippen LogP contribution in [0.5, 0.6) is 0 Å². The zero-order valence-electron chi connectivity index (χ0n) is 11.9. The van der Waals surface area contributed by atoms with Gasteiger partial charge in [-0.25, -0.2) is 4.39 Å². The molecule has 0 radical (unpaired) electrons. The Bertz CT molecular complexity index is 414. The molecular weight excluding hydrogens is 241 g/mol. The van der Waals surface area contributed by atoms with Crippen molar-refractivity contribution in [1.29, 1.82) is 0 Å². The fourth-order valence-electron chi connectivity index (χ4n) is 2.78. The predicted molar refractivity (Wildman–Crippen MR) is 76.6 cm³/mol. The van der Waals surface area contributed by atoms with Gasteiger partial charge in [0, 0.05) is 38.3 Å². The molecule has 1 heterocycles. The average Bonchev–Trinajstić information content (AvgIpc) is 2.44. The van der Waals surface area contributed by atoms with Gasteiger partial charge in [-0.15, -0.1) is 0 Å². The number of aryl methyl sites for hydroxylation is 1. The quantitative estimate of drug-likeness (QED) is 0.900. The van der Waals surface area contributed by atoms with Crippen molar-refractivity contribution < 1.29 is 4.39 Å². The van der Waals surface area contributed by atoms with E-state index in [1.807, 2.05) is 13.0 Å². The van der Waals surface area contributed by atoms with E-state index in [4.69, 9.17) is 5.73 Å². The van der Waals surface area contributed by atoms with E-state index in [0.717, 1.165) is 43.9 Å². The number of benzene rings is 1. The van der Waals surface area contributed by atoms with Crippen LogP contribution in [0.1, 0.15) is 24.1 Å². The maximum Gasteiger partial charge on any atom is 0.128 e. The summed E-state index contributed by atoms with van der Waals surface area (Å²) in [5, 5.41) is 0. The van der Waals surface area contributed by atoms with Crippen LogP contribution < -0.4 is 5.73 Å². The van der Waals surface area contributed by atoms with Crippen LogP contribution in [0.15, 0.2) is 18.2 Å². The molecule has 1 fully saturated rings. The van der Waals surface area contributed by atoms with Crippen LogP contribution in [0.25, 0.3) is 0 Å². The first kappa shape index (κ1) is 14.4. The number of likely N-dealkylation sites (N-methyl/N-ethyl adjacent to an activating group) is 1. The number of hydrogen-bond acceptors (Lipinski definition) is 3. The lowest BCUT2D eigenvalue weighted by molar-refractivity contribution is 0.100. The lowest BCUT2D eigenvalue weighted by Crippen LogP contribution is -2.49. The van der Waals surface area contributed by atoms with Crippen molar-refractivity contribution in [1.82, 2.24) is 9.80 Å². The van der Waals surface area contributed by atoms with Gasteiger partial charge < -0.3 is 10.6 Å². The van der Waals surface area contributed by atoms with E-state index in [1.54, 1.807) is 12.1 Å². The highest BCUT2D eigenvalue weighted by Gasteiger charge is 2.25. The summed E-state index contributed by atoms with van der Waals surface area (Å²) in [5.74, 6) is -0.140. The van der Waals surface area contributed by atoms with Crippen LogP contribution in [-0.4, -0.2) is 49.1 Å². The van der Waals surface area contributed by atoms with Gasteiger partial charge in [-0.3, -0.25) is 4.90 Å². The lowest BCUT2D eigenvalue weighted by Gasteiger charge is -2.38. The van der Waals surface area contributed by atoms with Gasteiger partial charge >= 0.3 is 0 Å². The molecule has 1 saturated heterocycles. The molecule has 1 aromatic rings. The second-order valence-electron chi connectivity index (χ2n) is 5.25. The van der Waals surface area contributed by atoms with Crippen molar-refractivity contribution >= 4 is 0 Å². The molecule has 106 valence electrons. The highest BCUT2D eigenvalue weighted by Crippen LogP contribution is 2.24. The molecule has 1 atom stereocenters. The molecule has 2 rings (SSSR count). The fraction of sp³-hybridized carbons (Fsp3) is 0.600. The molecule has 0 aliphatic carbocycles. The van der Waals surface area contributed by atoms with Crippen LogP contribution in [0.2, 0.25) is 0 Å². The normalized spacial score (nSPS) is 19.6. The van der Waals surface area contributed by atoms with Crippen LogP contribution in [0.4, 0.5) is 4.39 Å². The molecule has 3 nitrogen and oxygen atoms in total. The Labute approximate surface area is 115 Å². The molecule has 4 heteroatoms. The summed E-state index contributed by atoms with van der Waals surface area (Å²) in [6.07, 6.45) is 0. The fourth-order valence-corrected chi connectivity index (χ4v) is 2.78. The van der Waals surface area contributed by atoms with E-state index in [-0.39, 0.29) is 11.9 Å². The second kappa shape index (κ2) is 6.46. The van der Waals surface area contributed by atoms with E-state index in [9.17, 15) is 4.39 Å². The van der Waals surface area contributed by atoms with Gasteiger partial charge in [0.05, 0.1) is 6.04 Å². The molecule has 0 amide bonds. The Morgan fingerprint density at radius 1 is 1.26 bits per heavy atom. The van der Waals surface area contributed by atoms with Crippen molar-refractivity contribution in [2.75, 3.05) is 39.3 Å². The first-order chi connectivity index (χ1) is 9.15. The second-order valence-corrected chi connectivity index (χ2v) is 5.25. The predicted octanol–water partition coefficient (Wildman–Crippen LogP) is 1.77. The first-order valence-corrected chi connectivity index (χ1v) is 7.08. The van der Waals surface area contributed by atoms with Crippen LogP contribution in [0, 0.1) is 12.7 Å². The summed E-state index contributed by atoms with van der Waals surface area (Å²) in [4.78, 5) is 4.72. The van der Waals surface area contributed by atoms with Gasteiger partial charge in [-0.1, -0.05) is 24.6 Å². The van der Waals surface area contributed by atoms with Crippen molar-refractivity contribution in [3.05, 3.63) is 35.1 Å². The van der Waals surface area contributed by atoms with Gasteiger partial charge in [0.1, 0.15) is 5.82 Å². The highest BCUT2D eigenvalue weighted by atomic mass is 19.1. The Morgan fingerprint density at radius 2 is 1.95 bits per heavy atom. The zero-order valence-corrected chi connectivity index (χ0v) is 11.9. The molecule has 0 aromatic heterocycles. The first-order valence-electron chi connectivity index (χ1n) is 7.08. The van der Waals surface area contributed by atoms with Gasteiger partial charge in [0.25, 0.3) is 0 Å². The summed E-state index contributed by atoms with van der Waals surface area (Å²) in [5.41, 5.74) is 7.73. The minimum absolute atomic E-state index is 0.00101. The van der Waals surface area contributed by atoms with E-state index in [2.05, 4.69) is 16.7 Å². The smallest absolute Gasteiger partial charge is 0.128 e. The zero-order chi connectivity index (χ0) is 13.8. The number of piperazine rings is 1. The molecular formula is C15H24FN3. The molecule has 2 N–H and O–H groups in total. The Hall–Kier alpha value is -0.970. The van der Waals surface area contributed by atoms with Gasteiger partial charge in [0.15, 0.2) is 0 Å². The SMILES string of the molecule is CCN1CCN(C(CN)c2cc(C)ccc2F)CC1. The summed E-state index contributed by atoms with van der Waals surface area (Å²) < 4.78 is 14.0. The topological polar surface area (TPSA) is 32.5 Å². The average molecular weight is 265 g/mol. The van der Waals surface area contributed by atoms with Gasteiger partial charge in [-0.05, 0) is 19.5 Å². The molecule has 0 saturated carbocycles. The van der Waals surface area contributed by atoms with Crippen molar-refractivity contribution in [3.63, 3.8) is 0 Å². The van der Waals surface area contributed by atoms with Crippen molar-refractivity contribution in [2.24, 2.45) is 5.73 Å². The van der Waals surface area contributed by atoms with Crippen LogP contribution in [0.3, 0.4) is 0 Å². The third-order valence-corrected chi connectivity index (χ3v) is 4.03. The lowest BCUT2D eigenvalue weighted by atomic mass is 10.0. The van der Waals surface area contributed by atoms with E-state index in [0.29, 0.717) is 6.54 Å². The van der Waals surface area contributed by atoms with Gasteiger partial charge in [0.2, 0.25) is 0 Å². The molecule has 0 bridgehead atoms. The molecule has 0 spiro atoms. The number of halogens is 1. The van der Waals surface area contributed by atoms with E-state index < -0.39 is 0 Å². The summed E-state index contributed by atoms with van der Waals surface area (Å²) in [6.45, 7) is 9.72. The molecule has 19 heavy (non-hydrogen) atoms. The monoisotopic (exact) mass is 265 g/mol. The molecule has 1 aliphatic rings. The summed E-state index contributed by atoms with van der Waals surface area (Å²) in [6, 6.07) is 5.29. The molecule has 1 aromatic carbocycles. The third-order valence-electron chi connectivity index (χ3n) is 4.03. The van der Waals surface area contributed by atoms with Crippen molar-refractivity contribution in [2.45, 2.75) is 19.9 Å². The van der Waals surface area contributed by atoms with Gasteiger partial charge in [-0.2, -0.15) is 0 Å².